The fourth-order valence-corrected chi connectivity index (χ4v) is 5.21. The molecule has 1 aliphatic heterocycles. The fraction of sp³-hybridized carbons (Fsp3) is 0.226. The quantitative estimate of drug-likeness (QED) is 0.217. The number of ether oxygens (including phenoxy) is 3. The summed E-state index contributed by atoms with van der Waals surface area (Å²) in [6, 6.07) is 17.5. The average molecular weight is 669 g/mol. The topological polar surface area (TPSA) is 123 Å². The van der Waals surface area contributed by atoms with Gasteiger partial charge in [0, 0.05) is 15.8 Å². The Morgan fingerprint density at radius 2 is 1.47 bits per heavy atom. The Hall–Kier alpha value is -4.29. The molecular formula is C31H30BrN3O7S. The first-order chi connectivity index (χ1) is 20.7. The molecule has 4 rings (SSSR count). The molecule has 43 heavy (non-hydrogen) atoms. The number of imide groups is 1. The van der Waals surface area contributed by atoms with Gasteiger partial charge in [-0.3, -0.25) is 24.1 Å². The van der Waals surface area contributed by atoms with E-state index in [0.717, 1.165) is 22.2 Å². The van der Waals surface area contributed by atoms with Crippen LogP contribution in [-0.2, 0) is 14.4 Å². The molecule has 0 radical (unpaired) electrons. The van der Waals surface area contributed by atoms with Crippen molar-refractivity contribution >= 4 is 68.1 Å². The third kappa shape index (κ3) is 8.62. The zero-order valence-corrected chi connectivity index (χ0v) is 26.2. The summed E-state index contributed by atoms with van der Waals surface area (Å²) in [5.74, 6) is -0.0986. The van der Waals surface area contributed by atoms with Gasteiger partial charge in [0.2, 0.25) is 5.91 Å². The number of rotatable bonds is 12. The molecule has 12 heteroatoms. The third-order valence-corrected chi connectivity index (χ3v) is 7.56. The Morgan fingerprint density at radius 3 is 2.12 bits per heavy atom. The Labute approximate surface area is 261 Å². The third-order valence-electron chi connectivity index (χ3n) is 5.97. The molecule has 4 amide bonds. The van der Waals surface area contributed by atoms with E-state index in [2.05, 4.69) is 26.6 Å². The van der Waals surface area contributed by atoms with Crippen LogP contribution in [0, 0.1) is 6.92 Å². The van der Waals surface area contributed by atoms with Crippen LogP contribution in [0.2, 0.25) is 0 Å². The molecule has 0 saturated carbocycles. The number of amides is 4. The average Bonchev–Trinajstić information content (AvgIpc) is 3.23. The zero-order valence-electron chi connectivity index (χ0n) is 23.8. The van der Waals surface area contributed by atoms with Gasteiger partial charge in [-0.1, -0.05) is 33.6 Å². The van der Waals surface area contributed by atoms with Gasteiger partial charge >= 0.3 is 0 Å². The number of aryl methyl sites for hydroxylation is 1. The van der Waals surface area contributed by atoms with Crippen LogP contribution in [0.4, 0.5) is 16.2 Å². The Morgan fingerprint density at radius 1 is 0.860 bits per heavy atom. The number of thioether (sulfide) groups is 1. The summed E-state index contributed by atoms with van der Waals surface area (Å²) in [7, 11) is 0. The van der Waals surface area contributed by atoms with Crippen LogP contribution in [-0.4, -0.2) is 54.2 Å². The first kappa shape index (κ1) is 31.6. The van der Waals surface area contributed by atoms with Crippen molar-refractivity contribution in [3.05, 3.63) is 81.2 Å². The predicted octanol–water partition coefficient (Wildman–Crippen LogP) is 6.25. The molecule has 224 valence electrons. The summed E-state index contributed by atoms with van der Waals surface area (Å²) in [4.78, 5) is 51.7. The normalized spacial score (nSPS) is 13.7. The second-order valence-electron chi connectivity index (χ2n) is 9.23. The van der Waals surface area contributed by atoms with E-state index < -0.39 is 23.6 Å². The first-order valence-corrected chi connectivity index (χ1v) is 15.0. The van der Waals surface area contributed by atoms with Crippen molar-refractivity contribution in [3.63, 3.8) is 0 Å². The Kier molecular flexibility index (Phi) is 10.8. The van der Waals surface area contributed by atoms with Crippen LogP contribution in [0.5, 0.6) is 17.2 Å². The molecule has 1 heterocycles. The van der Waals surface area contributed by atoms with Crippen LogP contribution < -0.4 is 24.8 Å². The number of anilines is 2. The van der Waals surface area contributed by atoms with Crippen LogP contribution >= 0.6 is 27.7 Å². The van der Waals surface area contributed by atoms with Gasteiger partial charge in [-0.05, 0) is 92.7 Å². The molecule has 0 unspecified atom stereocenters. The van der Waals surface area contributed by atoms with E-state index in [1.165, 1.54) is 6.08 Å². The van der Waals surface area contributed by atoms with Gasteiger partial charge < -0.3 is 24.8 Å². The van der Waals surface area contributed by atoms with Crippen molar-refractivity contribution in [2.45, 2.75) is 20.8 Å². The number of benzene rings is 3. The van der Waals surface area contributed by atoms with Crippen molar-refractivity contribution in [1.29, 1.82) is 0 Å². The second kappa shape index (κ2) is 14.7. The number of halogens is 1. The van der Waals surface area contributed by atoms with Crippen LogP contribution in [0.3, 0.4) is 0 Å². The molecule has 1 saturated heterocycles. The summed E-state index contributed by atoms with van der Waals surface area (Å²) in [6.45, 7) is 5.80. The zero-order chi connectivity index (χ0) is 30.9. The van der Waals surface area contributed by atoms with Gasteiger partial charge in [-0.25, -0.2) is 0 Å². The molecule has 2 N–H and O–H groups in total. The van der Waals surface area contributed by atoms with Gasteiger partial charge in [-0.2, -0.15) is 0 Å². The lowest BCUT2D eigenvalue weighted by molar-refractivity contribution is -0.127. The second-order valence-corrected chi connectivity index (χ2v) is 11.1. The summed E-state index contributed by atoms with van der Waals surface area (Å²) < 4.78 is 17.4. The summed E-state index contributed by atoms with van der Waals surface area (Å²) in [6.07, 6.45) is 1.54. The van der Waals surface area contributed by atoms with Gasteiger partial charge in [0.1, 0.15) is 12.3 Å². The molecule has 0 aromatic heterocycles. The minimum atomic E-state index is -0.588. The van der Waals surface area contributed by atoms with Crippen molar-refractivity contribution in [1.82, 2.24) is 4.90 Å². The molecule has 0 atom stereocenters. The van der Waals surface area contributed by atoms with E-state index in [-0.39, 0.29) is 17.4 Å². The van der Waals surface area contributed by atoms with Crippen molar-refractivity contribution in [3.8, 4) is 17.2 Å². The SMILES string of the molecule is CCOc1ccc(NC(=O)CN2C(=O)S/C(=C/c3cc(OCC)c(OCC(=O)Nc4ccc(C)cc4)cc3Br)C2=O)cc1. The first-order valence-electron chi connectivity index (χ1n) is 13.4. The molecular weight excluding hydrogens is 638 g/mol. The summed E-state index contributed by atoms with van der Waals surface area (Å²) in [5, 5.41) is 4.90. The van der Waals surface area contributed by atoms with Gasteiger partial charge in [0.15, 0.2) is 18.1 Å². The highest BCUT2D eigenvalue weighted by molar-refractivity contribution is 9.10. The van der Waals surface area contributed by atoms with E-state index >= 15 is 0 Å². The molecule has 0 bridgehead atoms. The lowest BCUT2D eigenvalue weighted by atomic mass is 10.1. The van der Waals surface area contributed by atoms with E-state index in [4.69, 9.17) is 14.2 Å². The monoisotopic (exact) mass is 667 g/mol. The maximum Gasteiger partial charge on any atom is 0.294 e. The minimum absolute atomic E-state index is 0.146. The van der Waals surface area contributed by atoms with Crippen LogP contribution in [0.1, 0.15) is 25.0 Å². The fourth-order valence-electron chi connectivity index (χ4n) is 3.94. The molecule has 3 aromatic carbocycles. The van der Waals surface area contributed by atoms with E-state index in [0.29, 0.717) is 51.9 Å². The molecule has 1 fully saturated rings. The smallest absolute Gasteiger partial charge is 0.294 e. The highest BCUT2D eigenvalue weighted by atomic mass is 79.9. The molecule has 3 aromatic rings. The van der Waals surface area contributed by atoms with E-state index in [9.17, 15) is 19.2 Å². The predicted molar refractivity (Wildman–Crippen MR) is 170 cm³/mol. The van der Waals surface area contributed by atoms with Crippen LogP contribution in [0.25, 0.3) is 6.08 Å². The summed E-state index contributed by atoms with van der Waals surface area (Å²) in [5.41, 5.74) is 2.79. The summed E-state index contributed by atoms with van der Waals surface area (Å²) >= 11 is 4.21. The lowest BCUT2D eigenvalue weighted by Gasteiger charge is -2.14. The van der Waals surface area contributed by atoms with Gasteiger partial charge in [0.05, 0.1) is 18.1 Å². The molecule has 1 aliphatic rings. The Balaban J connectivity index is 1.42. The number of carbonyl (C=O) groups excluding carboxylic acids is 4. The van der Waals surface area contributed by atoms with E-state index in [1.54, 1.807) is 55.5 Å². The van der Waals surface area contributed by atoms with Crippen LogP contribution in [0.15, 0.2) is 70.0 Å². The molecule has 0 spiro atoms. The van der Waals surface area contributed by atoms with Crippen molar-refractivity contribution in [2.24, 2.45) is 0 Å². The van der Waals surface area contributed by atoms with Gasteiger partial charge in [-0.15, -0.1) is 0 Å². The van der Waals surface area contributed by atoms with E-state index in [1.807, 2.05) is 26.0 Å². The molecule has 10 nitrogen and oxygen atoms in total. The van der Waals surface area contributed by atoms with Gasteiger partial charge in [0.25, 0.3) is 17.1 Å². The number of hydrogen-bond donors (Lipinski definition) is 2. The number of nitrogens with one attached hydrogen (secondary N) is 2. The highest BCUT2D eigenvalue weighted by Gasteiger charge is 2.36. The molecule has 0 aliphatic carbocycles. The lowest BCUT2D eigenvalue weighted by Crippen LogP contribution is -2.36. The Bertz CT molecular complexity index is 1540. The van der Waals surface area contributed by atoms with Crippen molar-refractivity contribution < 1.29 is 33.4 Å². The standard InChI is InChI=1S/C31H30BrN3O7S/c1-4-40-23-12-10-22(11-13-23)33-28(36)17-35-30(38)27(43-31(35)39)15-20-14-25(41-5-2)26(16-24(20)32)42-18-29(37)34-21-8-6-19(3)7-9-21/h6-16H,4-5,17-18H2,1-3H3,(H,33,36)(H,34,37)/b27-15+. The maximum atomic E-state index is 13.1. The van der Waals surface area contributed by atoms with Crippen molar-refractivity contribution in [2.75, 3.05) is 37.0 Å². The minimum Gasteiger partial charge on any atom is -0.494 e. The number of carbonyl (C=O) groups is 4. The number of nitrogens with zero attached hydrogens (tertiary/aromatic N) is 1. The number of hydrogen-bond acceptors (Lipinski definition) is 8. The highest BCUT2D eigenvalue weighted by Crippen LogP contribution is 2.38. The maximum absolute atomic E-state index is 13.1. The largest absolute Gasteiger partial charge is 0.494 e.